The van der Waals surface area contributed by atoms with Gasteiger partial charge in [-0.1, -0.05) is 12.1 Å². The highest BCUT2D eigenvalue weighted by Crippen LogP contribution is 2.07. The van der Waals surface area contributed by atoms with Gasteiger partial charge in [0.1, 0.15) is 0 Å². The van der Waals surface area contributed by atoms with Gasteiger partial charge in [0.15, 0.2) is 6.20 Å². The van der Waals surface area contributed by atoms with Crippen molar-refractivity contribution in [1.82, 2.24) is 0 Å². The van der Waals surface area contributed by atoms with Crippen molar-refractivity contribution in [3.63, 3.8) is 0 Å². The molecule has 0 aliphatic rings. The van der Waals surface area contributed by atoms with Gasteiger partial charge in [0.2, 0.25) is 15.9 Å². The van der Waals surface area contributed by atoms with Crippen LogP contribution in [0, 0.1) is 0 Å². The summed E-state index contributed by atoms with van der Waals surface area (Å²) in [5, 5.41) is 0.942. The molecule has 2 rings (SSSR count). The average Bonchev–Trinajstić information content (AvgIpc) is 2.25. The van der Waals surface area contributed by atoms with Crippen LogP contribution in [0.25, 0.3) is 10.9 Å². The molecule has 1 aromatic heterocycles. The number of hydrogen-bond acceptors (Lipinski definition) is 4. The Balaban J connectivity index is 2.38. The van der Waals surface area contributed by atoms with Gasteiger partial charge >= 0.3 is 0 Å². The van der Waals surface area contributed by atoms with Crippen LogP contribution in [0.2, 0.25) is 0 Å². The molecular formula is C10H9NO4S. The SMILES string of the molecule is O=S(=O)([O-])OC[n+]1cccc2ccccc21. The van der Waals surface area contributed by atoms with Crippen LogP contribution in [0.5, 0.6) is 0 Å². The molecule has 0 radical (unpaired) electrons. The molecule has 6 heteroatoms. The predicted molar refractivity (Wildman–Crippen MR) is 54.9 cm³/mol. The Labute approximate surface area is 92.9 Å². The smallest absolute Gasteiger partial charge is 0.267 e. The van der Waals surface area contributed by atoms with E-state index in [1.165, 1.54) is 0 Å². The lowest BCUT2D eigenvalue weighted by atomic mass is 10.2. The van der Waals surface area contributed by atoms with Crippen molar-refractivity contribution >= 4 is 21.3 Å². The topological polar surface area (TPSA) is 70.3 Å². The minimum atomic E-state index is -4.66. The van der Waals surface area contributed by atoms with Gasteiger partial charge in [-0.2, -0.15) is 4.57 Å². The highest BCUT2D eigenvalue weighted by Gasteiger charge is 2.08. The molecule has 0 fully saturated rings. The van der Waals surface area contributed by atoms with Gasteiger partial charge in [0.05, 0.1) is 0 Å². The van der Waals surface area contributed by atoms with Gasteiger partial charge < -0.3 is 4.55 Å². The average molecular weight is 239 g/mol. The number of nitrogens with zero attached hydrogens (tertiary/aromatic N) is 1. The van der Waals surface area contributed by atoms with E-state index in [0.717, 1.165) is 10.9 Å². The van der Waals surface area contributed by atoms with Gasteiger partial charge in [0.25, 0.3) is 6.73 Å². The van der Waals surface area contributed by atoms with Crippen LogP contribution < -0.4 is 4.57 Å². The fourth-order valence-electron chi connectivity index (χ4n) is 1.45. The first-order valence-corrected chi connectivity index (χ1v) is 5.87. The molecular weight excluding hydrogens is 230 g/mol. The monoisotopic (exact) mass is 239 g/mol. The van der Waals surface area contributed by atoms with Crippen molar-refractivity contribution in [2.24, 2.45) is 0 Å². The quantitative estimate of drug-likeness (QED) is 0.446. The van der Waals surface area contributed by atoms with Gasteiger partial charge in [-0.25, -0.2) is 12.6 Å². The normalized spacial score (nSPS) is 11.8. The first kappa shape index (κ1) is 11.0. The highest BCUT2D eigenvalue weighted by molar-refractivity contribution is 7.80. The first-order chi connectivity index (χ1) is 7.56. The Morgan fingerprint density at radius 1 is 1.19 bits per heavy atom. The summed E-state index contributed by atoms with van der Waals surface area (Å²) in [5.41, 5.74) is 0.800. The number of aromatic nitrogens is 1. The highest BCUT2D eigenvalue weighted by atomic mass is 32.3. The largest absolute Gasteiger partial charge is 0.725 e. The van der Waals surface area contributed by atoms with Crippen molar-refractivity contribution in [3.8, 4) is 0 Å². The van der Waals surface area contributed by atoms with E-state index in [1.807, 2.05) is 30.3 Å². The molecule has 0 bridgehead atoms. The fourth-order valence-corrected chi connectivity index (χ4v) is 1.70. The summed E-state index contributed by atoms with van der Waals surface area (Å²) in [6, 6.07) is 11.0. The van der Waals surface area contributed by atoms with Crippen LogP contribution in [-0.4, -0.2) is 13.0 Å². The molecule has 0 N–H and O–H groups in total. The second kappa shape index (κ2) is 4.17. The Morgan fingerprint density at radius 3 is 2.62 bits per heavy atom. The van der Waals surface area contributed by atoms with Gasteiger partial charge in [-0.3, -0.25) is 0 Å². The molecule has 0 aliphatic heterocycles. The summed E-state index contributed by atoms with van der Waals surface area (Å²) in [5.74, 6) is 0. The molecule has 16 heavy (non-hydrogen) atoms. The van der Waals surface area contributed by atoms with Crippen LogP contribution >= 0.6 is 0 Å². The van der Waals surface area contributed by atoms with Crippen molar-refractivity contribution in [3.05, 3.63) is 42.6 Å². The third-order valence-electron chi connectivity index (χ3n) is 2.12. The minimum Gasteiger partial charge on any atom is -0.725 e. The summed E-state index contributed by atoms with van der Waals surface area (Å²) in [6.45, 7) is -0.312. The molecule has 0 unspecified atom stereocenters. The lowest BCUT2D eigenvalue weighted by Crippen LogP contribution is -2.36. The summed E-state index contributed by atoms with van der Waals surface area (Å²) >= 11 is 0. The Bertz CT molecular complexity index is 604. The van der Waals surface area contributed by atoms with E-state index in [4.69, 9.17) is 0 Å². The van der Waals surface area contributed by atoms with E-state index in [0.29, 0.717) is 0 Å². The molecule has 0 aliphatic carbocycles. The van der Waals surface area contributed by atoms with Crippen molar-refractivity contribution in [1.29, 1.82) is 0 Å². The summed E-state index contributed by atoms with van der Waals surface area (Å²) in [4.78, 5) is 0. The van der Waals surface area contributed by atoms with E-state index >= 15 is 0 Å². The van der Waals surface area contributed by atoms with Crippen molar-refractivity contribution < 1.29 is 21.7 Å². The van der Waals surface area contributed by atoms with E-state index in [9.17, 15) is 13.0 Å². The molecule has 0 saturated heterocycles. The predicted octanol–water partition coefficient (Wildman–Crippen LogP) is 0.562. The zero-order valence-corrected chi connectivity index (χ0v) is 9.05. The molecule has 2 aromatic rings. The molecule has 1 heterocycles. The van der Waals surface area contributed by atoms with Crippen molar-refractivity contribution in [2.75, 3.05) is 0 Å². The fraction of sp³-hybridized carbons (Fsp3) is 0.100. The zero-order valence-electron chi connectivity index (χ0n) is 8.24. The van der Waals surface area contributed by atoms with Crippen LogP contribution in [0.4, 0.5) is 0 Å². The van der Waals surface area contributed by atoms with E-state index in [1.54, 1.807) is 16.8 Å². The number of fused-ring (bicyclic) bond motifs is 1. The lowest BCUT2D eigenvalue weighted by molar-refractivity contribution is -0.700. The third kappa shape index (κ3) is 2.54. The summed E-state index contributed by atoms with van der Waals surface area (Å²) in [7, 11) is -4.66. The Morgan fingerprint density at radius 2 is 1.88 bits per heavy atom. The van der Waals surface area contributed by atoms with Crippen LogP contribution in [0.1, 0.15) is 0 Å². The third-order valence-corrected chi connectivity index (χ3v) is 2.52. The molecule has 0 saturated carbocycles. The summed E-state index contributed by atoms with van der Waals surface area (Å²) in [6.07, 6.45) is 1.65. The number of hydrogen-bond donors (Lipinski definition) is 0. The standard InChI is InChI=1S/C10H9NO4S/c12-16(13,14)15-8-11-7-3-5-9-4-1-2-6-10(9)11/h1-7H,8H2. The maximum atomic E-state index is 10.3. The second-order valence-electron chi connectivity index (χ2n) is 3.19. The molecule has 0 spiro atoms. The van der Waals surface area contributed by atoms with Crippen LogP contribution in [0.15, 0.2) is 42.6 Å². The number of pyridine rings is 1. The van der Waals surface area contributed by atoms with Gasteiger partial charge in [-0.05, 0) is 12.1 Å². The molecule has 1 aromatic carbocycles. The Kier molecular flexibility index (Phi) is 2.86. The van der Waals surface area contributed by atoms with Crippen molar-refractivity contribution in [2.45, 2.75) is 6.73 Å². The first-order valence-electron chi connectivity index (χ1n) is 4.54. The number of benzene rings is 1. The number of rotatable bonds is 3. The van der Waals surface area contributed by atoms with E-state index < -0.39 is 10.4 Å². The second-order valence-corrected chi connectivity index (χ2v) is 4.24. The molecule has 0 atom stereocenters. The van der Waals surface area contributed by atoms with Crippen LogP contribution in [0.3, 0.4) is 0 Å². The molecule has 84 valence electrons. The maximum absolute atomic E-state index is 10.3. The zero-order chi connectivity index (χ0) is 11.6. The van der Waals surface area contributed by atoms with Gasteiger partial charge in [0, 0.05) is 17.5 Å². The lowest BCUT2D eigenvalue weighted by Gasteiger charge is -2.05. The minimum absolute atomic E-state index is 0.312. The van der Waals surface area contributed by atoms with Gasteiger partial charge in [-0.15, -0.1) is 0 Å². The number of para-hydroxylation sites is 1. The molecule has 0 amide bonds. The molecule has 5 nitrogen and oxygen atoms in total. The van der Waals surface area contributed by atoms with E-state index in [-0.39, 0.29) is 6.73 Å². The summed E-state index contributed by atoms with van der Waals surface area (Å²) < 4.78 is 36.8. The maximum Gasteiger partial charge on any atom is 0.267 e. The van der Waals surface area contributed by atoms with E-state index in [2.05, 4.69) is 4.18 Å². The Hall–Kier alpha value is -1.50. The van der Waals surface area contributed by atoms with Crippen LogP contribution in [-0.2, 0) is 21.3 Å².